The number of non-ortho nitro benzene ring substituents is 1. The largest absolute Gasteiger partial charge is 0.497 e. The average molecular weight is 464 g/mol. The molecule has 3 aromatic rings. The van der Waals surface area contributed by atoms with Gasteiger partial charge in [-0.3, -0.25) is 14.9 Å². The quantitative estimate of drug-likeness (QED) is 0.209. The van der Waals surface area contributed by atoms with Crippen LogP contribution in [0.4, 0.5) is 11.4 Å². The lowest BCUT2D eigenvalue weighted by atomic mass is 10.0. The monoisotopic (exact) mass is 463 g/mol. The molecule has 0 saturated carbocycles. The van der Waals surface area contributed by atoms with E-state index in [0.717, 1.165) is 0 Å². The van der Waals surface area contributed by atoms with Gasteiger partial charge in [0.25, 0.3) is 11.6 Å². The summed E-state index contributed by atoms with van der Waals surface area (Å²) in [6.45, 7) is -0.270. The van der Waals surface area contributed by atoms with Crippen LogP contribution in [0.2, 0.25) is 5.02 Å². The fraction of sp³-hybridized carbons (Fsp3) is 0.0833. The van der Waals surface area contributed by atoms with Gasteiger partial charge in [-0.1, -0.05) is 11.6 Å². The number of allylic oxidation sites excluding steroid dienone is 1. The molecule has 0 aromatic heterocycles. The lowest BCUT2D eigenvalue weighted by molar-refractivity contribution is -0.384. The number of nitrogens with zero attached hydrogens (tertiary/aromatic N) is 2. The van der Waals surface area contributed by atoms with E-state index >= 15 is 0 Å². The topological polar surface area (TPSA) is 114 Å². The van der Waals surface area contributed by atoms with Crippen LogP contribution in [0, 0.1) is 21.4 Å². The van der Waals surface area contributed by atoms with Crippen LogP contribution < -0.4 is 14.8 Å². The number of amides is 1. The Labute approximate surface area is 194 Å². The number of ether oxygens (including phenoxy) is 2. The van der Waals surface area contributed by atoms with Crippen LogP contribution in [0.5, 0.6) is 11.5 Å². The first-order valence-corrected chi connectivity index (χ1v) is 10.0. The molecule has 0 aliphatic carbocycles. The van der Waals surface area contributed by atoms with Gasteiger partial charge in [0.1, 0.15) is 11.5 Å². The maximum Gasteiger partial charge on any atom is 0.269 e. The van der Waals surface area contributed by atoms with E-state index < -0.39 is 4.92 Å². The minimum atomic E-state index is -0.514. The summed E-state index contributed by atoms with van der Waals surface area (Å²) in [5, 5.41) is 23.6. The van der Waals surface area contributed by atoms with E-state index in [2.05, 4.69) is 11.4 Å². The minimum Gasteiger partial charge on any atom is -0.497 e. The van der Waals surface area contributed by atoms with Gasteiger partial charge in [0.15, 0.2) is 6.61 Å². The van der Waals surface area contributed by atoms with Gasteiger partial charge in [-0.05, 0) is 66.2 Å². The number of benzene rings is 3. The van der Waals surface area contributed by atoms with Gasteiger partial charge in [-0.25, -0.2) is 0 Å². The number of nitro groups is 1. The third-order valence-electron chi connectivity index (χ3n) is 4.51. The lowest BCUT2D eigenvalue weighted by Crippen LogP contribution is -2.20. The molecular weight excluding hydrogens is 446 g/mol. The van der Waals surface area contributed by atoms with Gasteiger partial charge in [-0.15, -0.1) is 0 Å². The molecular formula is C24H18ClN3O5. The van der Waals surface area contributed by atoms with E-state index in [9.17, 15) is 20.2 Å². The number of carbonyl (C=O) groups excluding carboxylic acids is 1. The second-order valence-corrected chi connectivity index (χ2v) is 7.16. The predicted molar refractivity (Wildman–Crippen MR) is 125 cm³/mol. The van der Waals surface area contributed by atoms with E-state index in [-0.39, 0.29) is 23.8 Å². The molecule has 1 N–H and O–H groups in total. The fourth-order valence-electron chi connectivity index (χ4n) is 2.88. The zero-order valence-corrected chi connectivity index (χ0v) is 18.2. The van der Waals surface area contributed by atoms with Crippen molar-refractivity contribution < 1.29 is 19.2 Å². The molecule has 0 heterocycles. The van der Waals surface area contributed by atoms with Gasteiger partial charge in [0.05, 0.1) is 23.7 Å². The van der Waals surface area contributed by atoms with Crippen molar-refractivity contribution in [3.63, 3.8) is 0 Å². The van der Waals surface area contributed by atoms with Crippen molar-refractivity contribution in [3.05, 3.63) is 93.0 Å². The molecule has 0 unspecified atom stereocenters. The molecule has 9 heteroatoms. The lowest BCUT2D eigenvalue weighted by Gasteiger charge is -2.11. The summed E-state index contributed by atoms with van der Waals surface area (Å²) in [6, 6.07) is 19.3. The van der Waals surface area contributed by atoms with Crippen molar-refractivity contribution in [2.75, 3.05) is 19.0 Å². The maximum absolute atomic E-state index is 12.3. The zero-order chi connectivity index (χ0) is 23.8. The third-order valence-corrected chi connectivity index (χ3v) is 4.75. The third kappa shape index (κ3) is 6.32. The molecule has 33 heavy (non-hydrogen) atoms. The SMILES string of the molecule is COc1ccc(NC(=O)COc2ccc(Cl)cc2/C=C(\C#N)c2ccc([N+](=O)[O-])cc2)cc1. The van der Waals surface area contributed by atoms with Crippen molar-refractivity contribution >= 4 is 40.5 Å². The normalized spacial score (nSPS) is 10.8. The number of anilines is 1. The highest BCUT2D eigenvalue weighted by molar-refractivity contribution is 6.30. The summed E-state index contributed by atoms with van der Waals surface area (Å²) in [4.78, 5) is 22.6. The Hall–Kier alpha value is -4.35. The van der Waals surface area contributed by atoms with E-state index in [1.54, 1.807) is 55.7 Å². The molecule has 3 aromatic carbocycles. The first-order valence-electron chi connectivity index (χ1n) is 9.62. The molecule has 1 amide bonds. The maximum atomic E-state index is 12.3. The molecule has 0 bridgehead atoms. The van der Waals surface area contributed by atoms with E-state index in [0.29, 0.717) is 33.3 Å². The molecule has 166 valence electrons. The Morgan fingerprint density at radius 2 is 1.85 bits per heavy atom. The number of rotatable bonds is 8. The Bertz CT molecular complexity index is 1230. The second kappa shape index (κ2) is 10.8. The van der Waals surface area contributed by atoms with Gasteiger partial charge in [0.2, 0.25) is 0 Å². The molecule has 0 fully saturated rings. The standard InChI is InChI=1S/C24H18ClN3O5/c1-32-22-9-5-20(6-10-22)27-24(29)15-33-23-11-4-19(25)13-17(23)12-18(14-26)16-2-7-21(8-3-16)28(30)31/h2-13H,15H2,1H3,(H,27,29)/b18-12+. The molecule has 8 nitrogen and oxygen atoms in total. The van der Waals surface area contributed by atoms with Crippen molar-refractivity contribution in [2.24, 2.45) is 0 Å². The molecule has 0 atom stereocenters. The van der Waals surface area contributed by atoms with E-state index in [1.807, 2.05) is 0 Å². The molecule has 0 aliphatic rings. The average Bonchev–Trinajstić information content (AvgIpc) is 2.82. The van der Waals surface area contributed by atoms with Crippen molar-refractivity contribution in [1.29, 1.82) is 5.26 Å². The highest BCUT2D eigenvalue weighted by Gasteiger charge is 2.11. The number of hydrogen-bond acceptors (Lipinski definition) is 6. The van der Waals surface area contributed by atoms with Crippen LogP contribution >= 0.6 is 11.6 Å². The predicted octanol–water partition coefficient (Wildman–Crippen LogP) is 5.34. The summed E-state index contributed by atoms with van der Waals surface area (Å²) in [7, 11) is 1.55. The molecule has 0 aliphatic heterocycles. The molecule has 0 radical (unpaired) electrons. The van der Waals surface area contributed by atoms with Crippen LogP contribution in [0.15, 0.2) is 66.7 Å². The Balaban J connectivity index is 1.76. The van der Waals surface area contributed by atoms with Crippen LogP contribution in [0.25, 0.3) is 11.6 Å². The number of halogens is 1. The number of nitrogens with one attached hydrogen (secondary N) is 1. The summed E-state index contributed by atoms with van der Waals surface area (Å²) in [6.07, 6.45) is 1.55. The van der Waals surface area contributed by atoms with Gasteiger partial charge < -0.3 is 14.8 Å². The molecule has 0 saturated heterocycles. The number of nitriles is 1. The van der Waals surface area contributed by atoms with Crippen LogP contribution in [0.3, 0.4) is 0 Å². The molecule has 0 spiro atoms. The van der Waals surface area contributed by atoms with Gasteiger partial charge in [0, 0.05) is 28.4 Å². The highest BCUT2D eigenvalue weighted by atomic mass is 35.5. The number of hydrogen-bond donors (Lipinski definition) is 1. The van der Waals surface area contributed by atoms with Crippen LogP contribution in [0.1, 0.15) is 11.1 Å². The van der Waals surface area contributed by atoms with Crippen LogP contribution in [-0.2, 0) is 4.79 Å². The Morgan fingerprint density at radius 1 is 1.15 bits per heavy atom. The fourth-order valence-corrected chi connectivity index (χ4v) is 3.06. The Morgan fingerprint density at radius 3 is 2.45 bits per heavy atom. The zero-order valence-electron chi connectivity index (χ0n) is 17.4. The number of nitro benzene ring substituents is 1. The van der Waals surface area contributed by atoms with Crippen molar-refractivity contribution in [3.8, 4) is 17.6 Å². The van der Waals surface area contributed by atoms with Gasteiger partial charge >= 0.3 is 0 Å². The van der Waals surface area contributed by atoms with Gasteiger partial charge in [-0.2, -0.15) is 5.26 Å². The van der Waals surface area contributed by atoms with E-state index in [4.69, 9.17) is 21.1 Å². The number of carbonyl (C=O) groups is 1. The molecule has 3 rings (SSSR count). The second-order valence-electron chi connectivity index (χ2n) is 6.72. The summed E-state index contributed by atoms with van der Waals surface area (Å²) in [5.74, 6) is 0.642. The smallest absolute Gasteiger partial charge is 0.269 e. The van der Waals surface area contributed by atoms with Crippen LogP contribution in [-0.4, -0.2) is 24.5 Å². The summed E-state index contributed by atoms with van der Waals surface area (Å²) < 4.78 is 10.7. The van der Waals surface area contributed by atoms with Crippen molar-refractivity contribution in [2.45, 2.75) is 0 Å². The van der Waals surface area contributed by atoms with E-state index in [1.165, 1.54) is 24.3 Å². The van der Waals surface area contributed by atoms with Crippen molar-refractivity contribution in [1.82, 2.24) is 0 Å². The first-order chi connectivity index (χ1) is 15.9. The highest BCUT2D eigenvalue weighted by Crippen LogP contribution is 2.28. The first kappa shape index (κ1) is 23.3. The minimum absolute atomic E-state index is 0.0781. The summed E-state index contributed by atoms with van der Waals surface area (Å²) in [5.41, 5.74) is 1.73. The summed E-state index contributed by atoms with van der Waals surface area (Å²) >= 11 is 6.11. The number of methoxy groups -OCH3 is 1. The Kier molecular flexibility index (Phi) is 7.63.